The van der Waals surface area contributed by atoms with Crippen molar-refractivity contribution >= 4 is 29.2 Å². The number of methoxy groups -OCH3 is 3. The fraction of sp³-hybridized carbons (Fsp3) is 0.787. The Hall–Kier alpha value is -3.49. The Bertz CT molecular complexity index is 2060. The molecule has 0 aromatic rings. The third kappa shape index (κ3) is 18.8. The van der Waals surface area contributed by atoms with Gasteiger partial charge in [-0.3, -0.25) is 24.1 Å². The maximum Gasteiger partial charge on any atom is 0.329 e. The molecular weight excluding hydrogens is 1000 g/mol. The lowest BCUT2D eigenvalue weighted by Crippen LogP contribution is -2.61. The summed E-state index contributed by atoms with van der Waals surface area (Å²) < 4.78 is 48.0. The molecule has 1 amide bonds. The number of aliphatic hydroxyl groups excluding tert-OH is 1. The number of nitrogens with zero attached hydrogens (tertiary/aromatic N) is 2. The van der Waals surface area contributed by atoms with Gasteiger partial charge < -0.3 is 53.0 Å². The van der Waals surface area contributed by atoms with Gasteiger partial charge >= 0.3 is 5.97 Å². The average Bonchev–Trinajstić information content (AvgIpc) is 3.44. The van der Waals surface area contributed by atoms with Crippen molar-refractivity contribution in [1.82, 2.24) is 9.80 Å². The Balaban J connectivity index is 1.41. The minimum atomic E-state index is -2.46. The molecule has 78 heavy (non-hydrogen) atoms. The predicted molar refractivity (Wildman–Crippen MR) is 296 cm³/mol. The van der Waals surface area contributed by atoms with E-state index in [1.54, 1.807) is 41.1 Å². The van der Waals surface area contributed by atoms with Gasteiger partial charge in [0, 0.05) is 84.7 Å². The molecule has 0 spiro atoms. The van der Waals surface area contributed by atoms with Crippen LogP contribution in [0.15, 0.2) is 47.6 Å². The number of cyclic esters (lactones) is 1. The van der Waals surface area contributed by atoms with Gasteiger partial charge in [-0.2, -0.15) is 0 Å². The number of Topliss-reactive ketones (excluding diaryl/α,β-unsaturated/α-hetero) is 3. The number of allylic oxidation sites excluding steroid dienone is 6. The second-order valence-electron chi connectivity index (χ2n) is 23.4. The topological polar surface area (TPSA) is 206 Å². The summed E-state index contributed by atoms with van der Waals surface area (Å²) in [4.78, 5) is 75.6. The number of amides is 1. The van der Waals surface area contributed by atoms with Crippen molar-refractivity contribution < 1.29 is 72.1 Å². The summed E-state index contributed by atoms with van der Waals surface area (Å²) in [6.45, 7) is 19.8. The van der Waals surface area contributed by atoms with Gasteiger partial charge in [-0.25, -0.2) is 4.79 Å². The highest BCUT2D eigenvalue weighted by Crippen LogP contribution is 2.38. The molecule has 4 heterocycles. The zero-order valence-electron chi connectivity index (χ0n) is 49.1. The number of esters is 1. The van der Waals surface area contributed by atoms with Crippen LogP contribution in [0.5, 0.6) is 0 Å². The van der Waals surface area contributed by atoms with Crippen LogP contribution in [0.25, 0.3) is 0 Å². The molecule has 2 bridgehead atoms. The molecule has 5 aliphatic rings. The van der Waals surface area contributed by atoms with Crippen molar-refractivity contribution in [2.45, 2.75) is 200 Å². The first-order valence-corrected chi connectivity index (χ1v) is 29.2. The second kappa shape index (κ2) is 32.2. The standard InChI is InChI=1S/C61H98N2O15/c1-39-18-13-12-14-19-40(2)52(76-31-30-71-9)36-48-23-21-45(7)61(70,78-48)58(67)59(68)63-26-16-15-20-49(63)60(69)77-53(37-50(64)41(3)33-44(6)56(66)57(73-11)55(65)43(5)32-39)42(4)34-47-22-24-51(54(35-47)72-10)75-28-17-25-62-27-29-74-46(8)38-62/h12-14,18-19,33,39,41-43,45-49,51-54,56-57,66,70H,15-17,20-32,34-38H2,1-11H3/b14-12?,18-13+,40-19?,44-33+/t39-,41-,42-,43-,45-,46-,47+,48+,49+,51-,52+,53+,54-,56-,57+,61-/m1/s1. The van der Waals surface area contributed by atoms with E-state index in [2.05, 4.69) is 11.8 Å². The van der Waals surface area contributed by atoms with Crippen LogP contribution < -0.4 is 0 Å². The summed E-state index contributed by atoms with van der Waals surface area (Å²) in [6, 6.07) is -1.15. The molecule has 1 aliphatic carbocycles. The molecule has 442 valence electrons. The van der Waals surface area contributed by atoms with E-state index in [1.807, 2.05) is 58.1 Å². The van der Waals surface area contributed by atoms with Gasteiger partial charge in [0.15, 0.2) is 5.78 Å². The number of piperidine rings is 1. The van der Waals surface area contributed by atoms with Crippen LogP contribution in [-0.2, 0) is 61.9 Å². The summed E-state index contributed by atoms with van der Waals surface area (Å²) in [6.07, 6.45) is 13.5. The summed E-state index contributed by atoms with van der Waals surface area (Å²) in [7, 11) is 4.68. The third-order valence-electron chi connectivity index (χ3n) is 17.1. The van der Waals surface area contributed by atoms with Crippen molar-refractivity contribution in [2.24, 2.45) is 35.5 Å². The van der Waals surface area contributed by atoms with Crippen molar-refractivity contribution in [3.63, 3.8) is 0 Å². The van der Waals surface area contributed by atoms with Gasteiger partial charge in [0.1, 0.15) is 30.1 Å². The van der Waals surface area contributed by atoms with E-state index in [4.69, 9.17) is 37.9 Å². The predicted octanol–water partition coefficient (Wildman–Crippen LogP) is 7.33. The number of rotatable bonds is 14. The van der Waals surface area contributed by atoms with E-state index in [9.17, 15) is 34.2 Å². The van der Waals surface area contributed by atoms with Gasteiger partial charge in [0.25, 0.3) is 11.7 Å². The van der Waals surface area contributed by atoms with Crippen molar-refractivity contribution in [1.29, 1.82) is 0 Å². The van der Waals surface area contributed by atoms with E-state index in [0.717, 1.165) is 57.5 Å². The normalized spacial score (nSPS) is 37.0. The zero-order chi connectivity index (χ0) is 57.1. The third-order valence-corrected chi connectivity index (χ3v) is 17.1. The number of ketones is 3. The monoisotopic (exact) mass is 1100 g/mol. The maximum absolute atomic E-state index is 14.7. The quantitative estimate of drug-likeness (QED) is 0.0756. The number of hydrogen-bond acceptors (Lipinski definition) is 16. The van der Waals surface area contributed by atoms with E-state index in [1.165, 1.54) is 12.0 Å². The minimum Gasteiger partial charge on any atom is -0.460 e. The Labute approximate surface area is 466 Å². The number of carbonyl (C=O) groups excluding carboxylic acids is 5. The lowest BCUT2D eigenvalue weighted by Gasteiger charge is -2.43. The minimum absolute atomic E-state index is 0.00343. The van der Waals surface area contributed by atoms with Crippen LogP contribution in [0, 0.1) is 35.5 Å². The van der Waals surface area contributed by atoms with E-state index < -0.39 is 77.8 Å². The molecule has 16 atom stereocenters. The van der Waals surface area contributed by atoms with Gasteiger partial charge in [-0.05, 0) is 120 Å². The molecule has 4 fully saturated rings. The Morgan fingerprint density at radius 3 is 2.31 bits per heavy atom. The smallest absolute Gasteiger partial charge is 0.329 e. The summed E-state index contributed by atoms with van der Waals surface area (Å²) in [5.74, 6) is -7.94. The molecular formula is C61H98N2O15. The first kappa shape index (κ1) is 65.3. The van der Waals surface area contributed by atoms with Crippen LogP contribution in [0.1, 0.15) is 139 Å². The zero-order valence-corrected chi connectivity index (χ0v) is 49.1. The first-order chi connectivity index (χ1) is 37.2. The SMILES string of the molecule is COCCO[C@H]1C[C@@H]2CC[C@@H](C)[C@@](O)(O2)C(=O)C(=O)N2CCCC[C@H]2C(=O)O[C@H]([C@H](C)C[C@@H]2CC[C@@H](OCCCN3CCO[C@H](C)C3)[C@H](OC)C2)CC(=O)[C@H](C)/C=C(\C)[C@@H](O)[C@@H](OC)C(=O)[C@H](C)C[C@H](C)/C=C/C=CC=C1C. The molecule has 0 radical (unpaired) electrons. The van der Waals surface area contributed by atoms with Crippen LogP contribution in [-0.4, -0.2) is 184 Å². The van der Waals surface area contributed by atoms with E-state index in [0.29, 0.717) is 57.3 Å². The van der Waals surface area contributed by atoms with Crippen LogP contribution >= 0.6 is 0 Å². The number of ether oxygens (including phenoxy) is 8. The number of hydrogen-bond donors (Lipinski definition) is 2. The van der Waals surface area contributed by atoms with Gasteiger partial charge in [-0.1, -0.05) is 71.1 Å². The lowest BCUT2D eigenvalue weighted by molar-refractivity contribution is -0.266. The highest BCUT2D eigenvalue weighted by atomic mass is 16.6. The molecule has 0 aromatic carbocycles. The van der Waals surface area contributed by atoms with Crippen LogP contribution in [0.2, 0.25) is 0 Å². The van der Waals surface area contributed by atoms with Crippen molar-refractivity contribution in [2.75, 3.05) is 73.9 Å². The lowest BCUT2D eigenvalue weighted by atomic mass is 9.78. The molecule has 17 nitrogen and oxygen atoms in total. The molecule has 0 aromatic heterocycles. The number of fused-ring (bicyclic) bond motifs is 3. The molecule has 4 aliphatic heterocycles. The van der Waals surface area contributed by atoms with E-state index in [-0.39, 0.29) is 80.0 Å². The molecule has 1 saturated carbocycles. The first-order valence-electron chi connectivity index (χ1n) is 29.2. The molecule has 3 saturated heterocycles. The highest BCUT2D eigenvalue weighted by molar-refractivity contribution is 6.39. The number of aliphatic hydroxyl groups is 2. The van der Waals surface area contributed by atoms with Crippen LogP contribution in [0.4, 0.5) is 0 Å². The summed E-state index contributed by atoms with van der Waals surface area (Å²) in [5.41, 5.74) is 1.26. The average molecular weight is 1100 g/mol. The largest absolute Gasteiger partial charge is 0.460 e. The van der Waals surface area contributed by atoms with Gasteiger partial charge in [-0.15, -0.1) is 0 Å². The van der Waals surface area contributed by atoms with Gasteiger partial charge in [0.05, 0.1) is 50.3 Å². The molecule has 0 unspecified atom stereocenters. The molecule has 5 rings (SSSR count). The number of morpholine rings is 1. The van der Waals surface area contributed by atoms with E-state index >= 15 is 0 Å². The summed E-state index contributed by atoms with van der Waals surface area (Å²) in [5, 5.41) is 23.8. The van der Waals surface area contributed by atoms with Crippen LogP contribution in [0.3, 0.4) is 0 Å². The van der Waals surface area contributed by atoms with Gasteiger partial charge in [0.2, 0.25) is 5.79 Å². The second-order valence-corrected chi connectivity index (χ2v) is 23.4. The maximum atomic E-state index is 14.7. The van der Waals surface area contributed by atoms with Crippen molar-refractivity contribution in [3.05, 3.63) is 47.6 Å². The Morgan fingerprint density at radius 1 is 0.821 bits per heavy atom. The highest BCUT2D eigenvalue weighted by Gasteiger charge is 2.53. The fourth-order valence-electron chi connectivity index (χ4n) is 12.1. The van der Waals surface area contributed by atoms with Crippen molar-refractivity contribution in [3.8, 4) is 0 Å². The molecule has 17 heteroatoms. The Morgan fingerprint density at radius 2 is 1.59 bits per heavy atom. The Kier molecular flexibility index (Phi) is 27.0. The fourth-order valence-corrected chi connectivity index (χ4v) is 12.1. The summed E-state index contributed by atoms with van der Waals surface area (Å²) >= 11 is 0. The number of carbonyl (C=O) groups is 5. The molecule has 2 N–H and O–H groups in total.